The van der Waals surface area contributed by atoms with Gasteiger partial charge in [-0.1, -0.05) is 6.07 Å². The Kier molecular flexibility index (Phi) is 1.77. The third kappa shape index (κ3) is 1.08. The molecule has 72 valence electrons. The molecule has 4 nitrogen and oxygen atoms in total. The van der Waals surface area contributed by atoms with Crippen LogP contribution in [0.15, 0.2) is 18.3 Å². The topological polar surface area (TPSA) is 54.6 Å². The van der Waals surface area contributed by atoms with Gasteiger partial charge in [-0.2, -0.15) is 0 Å². The smallest absolute Gasteiger partial charge is 0.354 e. The second-order valence-electron chi connectivity index (χ2n) is 3.24. The molecular weight excluding hydrogens is 180 g/mol. The van der Waals surface area contributed by atoms with Crippen molar-refractivity contribution in [1.29, 1.82) is 0 Å². The van der Waals surface area contributed by atoms with E-state index in [2.05, 4.69) is 4.98 Å². The highest BCUT2D eigenvalue weighted by Crippen LogP contribution is 2.13. The highest BCUT2D eigenvalue weighted by Gasteiger charge is 2.12. The van der Waals surface area contributed by atoms with E-state index in [4.69, 9.17) is 5.11 Å². The lowest BCUT2D eigenvalue weighted by Gasteiger charge is -2.04. The second kappa shape index (κ2) is 2.83. The Morgan fingerprint density at radius 2 is 2.14 bits per heavy atom. The van der Waals surface area contributed by atoms with Gasteiger partial charge in [0.25, 0.3) is 0 Å². The second-order valence-corrected chi connectivity index (χ2v) is 3.24. The number of pyridine rings is 1. The van der Waals surface area contributed by atoms with Crippen LogP contribution in [0.5, 0.6) is 0 Å². The average molecular weight is 190 g/mol. The molecule has 0 aromatic carbocycles. The number of aromatic nitrogens is 2. The van der Waals surface area contributed by atoms with Gasteiger partial charge in [-0.3, -0.25) is 4.40 Å². The summed E-state index contributed by atoms with van der Waals surface area (Å²) in [6.45, 7) is 3.83. The normalized spacial score (nSPS) is 10.7. The van der Waals surface area contributed by atoms with Crippen molar-refractivity contribution in [2.45, 2.75) is 13.8 Å². The predicted octanol–water partition coefficient (Wildman–Crippen LogP) is 1.65. The third-order valence-corrected chi connectivity index (χ3v) is 2.40. The van der Waals surface area contributed by atoms with Gasteiger partial charge < -0.3 is 5.11 Å². The predicted molar refractivity (Wildman–Crippen MR) is 51.6 cm³/mol. The van der Waals surface area contributed by atoms with Crippen LogP contribution in [0.3, 0.4) is 0 Å². The van der Waals surface area contributed by atoms with Crippen LogP contribution >= 0.6 is 0 Å². The lowest BCUT2D eigenvalue weighted by Crippen LogP contribution is -2.04. The number of hydrogen-bond donors (Lipinski definition) is 1. The Balaban J connectivity index is 2.89. The zero-order chi connectivity index (χ0) is 10.3. The first-order valence-corrected chi connectivity index (χ1v) is 4.28. The standard InChI is InChI=1S/C10H10N2O2/c1-6-3-4-9-11-5-8(10(13)14)12(9)7(6)2/h3-5H,1-2H3,(H,13,14). The molecule has 0 aliphatic carbocycles. The Bertz CT molecular complexity index is 514. The largest absolute Gasteiger partial charge is 0.477 e. The first kappa shape index (κ1) is 8.74. The Morgan fingerprint density at radius 3 is 2.79 bits per heavy atom. The summed E-state index contributed by atoms with van der Waals surface area (Å²) in [7, 11) is 0. The molecule has 0 aliphatic rings. The van der Waals surface area contributed by atoms with E-state index in [0.717, 1.165) is 11.3 Å². The summed E-state index contributed by atoms with van der Waals surface area (Å²) >= 11 is 0. The lowest BCUT2D eigenvalue weighted by atomic mass is 10.2. The molecule has 0 aliphatic heterocycles. The molecule has 1 N–H and O–H groups in total. The number of imidazole rings is 1. The maximum atomic E-state index is 10.9. The number of aromatic carboxylic acids is 1. The van der Waals surface area contributed by atoms with Gasteiger partial charge in [-0.25, -0.2) is 9.78 Å². The number of carboxylic acids is 1. The molecule has 0 radical (unpaired) electrons. The molecule has 4 heteroatoms. The maximum Gasteiger partial charge on any atom is 0.354 e. The average Bonchev–Trinajstić information content (AvgIpc) is 2.55. The van der Waals surface area contributed by atoms with Crippen molar-refractivity contribution in [2.75, 3.05) is 0 Å². The molecule has 2 aromatic rings. The molecule has 14 heavy (non-hydrogen) atoms. The third-order valence-electron chi connectivity index (χ3n) is 2.40. The molecular formula is C10H10N2O2. The summed E-state index contributed by atoms with van der Waals surface area (Å²) in [5.41, 5.74) is 2.85. The highest BCUT2D eigenvalue weighted by molar-refractivity contribution is 5.86. The number of aryl methyl sites for hydroxylation is 2. The monoisotopic (exact) mass is 190 g/mol. The molecule has 2 aromatic heterocycles. The van der Waals surface area contributed by atoms with Crippen LogP contribution in [-0.2, 0) is 0 Å². The zero-order valence-electron chi connectivity index (χ0n) is 7.98. The first-order chi connectivity index (χ1) is 6.61. The van der Waals surface area contributed by atoms with Crippen molar-refractivity contribution in [1.82, 2.24) is 9.38 Å². The van der Waals surface area contributed by atoms with Gasteiger partial charge in [0, 0.05) is 5.69 Å². The van der Waals surface area contributed by atoms with Gasteiger partial charge in [0.05, 0.1) is 6.20 Å². The summed E-state index contributed by atoms with van der Waals surface area (Å²) in [5.74, 6) is -0.953. The summed E-state index contributed by atoms with van der Waals surface area (Å²) in [6, 6.07) is 3.75. The van der Waals surface area contributed by atoms with Gasteiger partial charge >= 0.3 is 5.97 Å². The summed E-state index contributed by atoms with van der Waals surface area (Å²) in [4.78, 5) is 14.9. The minimum absolute atomic E-state index is 0.209. The number of nitrogens with zero attached hydrogens (tertiary/aromatic N) is 2. The minimum Gasteiger partial charge on any atom is -0.477 e. The van der Waals surface area contributed by atoms with Gasteiger partial charge in [-0.05, 0) is 25.5 Å². The van der Waals surface area contributed by atoms with Gasteiger partial charge in [0.2, 0.25) is 0 Å². The highest BCUT2D eigenvalue weighted by atomic mass is 16.4. The van der Waals surface area contributed by atoms with E-state index in [1.54, 1.807) is 4.40 Å². The fraction of sp³-hybridized carbons (Fsp3) is 0.200. The molecule has 0 bridgehead atoms. The number of hydrogen-bond acceptors (Lipinski definition) is 2. The Hall–Kier alpha value is -1.84. The fourth-order valence-corrected chi connectivity index (χ4v) is 1.48. The van der Waals surface area contributed by atoms with Gasteiger partial charge in [0.1, 0.15) is 5.65 Å². The van der Waals surface area contributed by atoms with E-state index < -0.39 is 5.97 Å². The number of carbonyl (C=O) groups is 1. The lowest BCUT2D eigenvalue weighted by molar-refractivity contribution is 0.0689. The molecule has 2 rings (SSSR count). The molecule has 0 atom stereocenters. The van der Waals surface area contributed by atoms with Crippen LogP contribution < -0.4 is 0 Å². The summed E-state index contributed by atoms with van der Waals surface area (Å²) in [6.07, 6.45) is 1.38. The van der Waals surface area contributed by atoms with Crippen molar-refractivity contribution >= 4 is 11.6 Å². The summed E-state index contributed by atoms with van der Waals surface area (Å²) in [5, 5.41) is 8.93. The first-order valence-electron chi connectivity index (χ1n) is 4.28. The SMILES string of the molecule is Cc1ccc2ncc(C(=O)O)n2c1C. The molecule has 0 saturated heterocycles. The Morgan fingerprint density at radius 1 is 1.43 bits per heavy atom. The van der Waals surface area contributed by atoms with Crippen LogP contribution in [0.2, 0.25) is 0 Å². The van der Waals surface area contributed by atoms with E-state index in [1.807, 2.05) is 26.0 Å². The molecule has 0 fully saturated rings. The molecule has 0 amide bonds. The minimum atomic E-state index is -0.953. The van der Waals surface area contributed by atoms with Crippen LogP contribution in [-0.4, -0.2) is 20.5 Å². The van der Waals surface area contributed by atoms with Crippen LogP contribution in [0.1, 0.15) is 21.7 Å². The fourth-order valence-electron chi connectivity index (χ4n) is 1.48. The van der Waals surface area contributed by atoms with Gasteiger partial charge in [-0.15, -0.1) is 0 Å². The number of rotatable bonds is 1. The van der Waals surface area contributed by atoms with Crippen LogP contribution in [0.4, 0.5) is 0 Å². The van der Waals surface area contributed by atoms with Crippen molar-refractivity contribution in [2.24, 2.45) is 0 Å². The Labute approximate surface area is 80.8 Å². The van der Waals surface area contributed by atoms with Crippen LogP contribution in [0, 0.1) is 13.8 Å². The van der Waals surface area contributed by atoms with E-state index in [-0.39, 0.29) is 5.69 Å². The molecule has 0 saturated carbocycles. The summed E-state index contributed by atoms with van der Waals surface area (Å²) < 4.78 is 1.65. The van der Waals surface area contributed by atoms with E-state index in [1.165, 1.54) is 6.20 Å². The quantitative estimate of drug-likeness (QED) is 0.743. The van der Waals surface area contributed by atoms with Crippen molar-refractivity contribution in [3.63, 3.8) is 0 Å². The molecule has 0 unspecified atom stereocenters. The van der Waals surface area contributed by atoms with Gasteiger partial charge in [0.15, 0.2) is 5.69 Å². The van der Waals surface area contributed by atoms with Crippen molar-refractivity contribution in [3.05, 3.63) is 35.3 Å². The molecule has 2 heterocycles. The van der Waals surface area contributed by atoms with E-state index in [0.29, 0.717) is 5.65 Å². The van der Waals surface area contributed by atoms with Crippen molar-refractivity contribution in [3.8, 4) is 0 Å². The van der Waals surface area contributed by atoms with Crippen LogP contribution in [0.25, 0.3) is 5.65 Å². The number of fused-ring (bicyclic) bond motifs is 1. The van der Waals surface area contributed by atoms with E-state index in [9.17, 15) is 4.79 Å². The zero-order valence-corrected chi connectivity index (χ0v) is 7.98. The molecule has 0 spiro atoms. The number of carboxylic acid groups (broad SMARTS) is 1. The maximum absolute atomic E-state index is 10.9. The van der Waals surface area contributed by atoms with Crippen molar-refractivity contribution < 1.29 is 9.90 Å². The van der Waals surface area contributed by atoms with E-state index >= 15 is 0 Å².